The molecule has 5 nitrogen and oxygen atoms in total. The smallest absolute Gasteiger partial charge is 0.292 e. The SMILES string of the molecule is [N-]=[N+]1c2cccc(S(N)(=O)=O)c21. The number of rotatable bonds is 1. The third-order valence-corrected chi connectivity index (χ3v) is 2.62. The second-order valence-electron chi connectivity index (χ2n) is 2.48. The lowest BCUT2D eigenvalue weighted by molar-refractivity contribution is 0.598. The highest BCUT2D eigenvalue weighted by atomic mass is 32.2. The zero-order valence-electron chi connectivity index (χ0n) is 5.93. The first-order valence-corrected chi connectivity index (χ1v) is 4.71. The van der Waals surface area contributed by atoms with Crippen LogP contribution in [-0.2, 0) is 10.0 Å². The molecule has 0 atom stereocenters. The predicted octanol–water partition coefficient (Wildman–Crippen LogP) is 0.504. The summed E-state index contributed by atoms with van der Waals surface area (Å²) in [6.07, 6.45) is 0. The number of fused-ring (bicyclic) bond motifs is 1. The molecule has 1 aliphatic heterocycles. The molecule has 0 aliphatic carbocycles. The van der Waals surface area contributed by atoms with Crippen LogP contribution in [-0.4, -0.2) is 8.42 Å². The van der Waals surface area contributed by atoms with E-state index in [-0.39, 0.29) is 10.6 Å². The summed E-state index contributed by atoms with van der Waals surface area (Å²) in [5.41, 5.74) is 9.77. The zero-order valence-corrected chi connectivity index (χ0v) is 6.75. The summed E-state index contributed by atoms with van der Waals surface area (Å²) in [4.78, 5) is -0.0394. The van der Waals surface area contributed by atoms with Crippen molar-refractivity contribution in [1.82, 2.24) is 4.70 Å². The van der Waals surface area contributed by atoms with Gasteiger partial charge in [-0.1, -0.05) is 6.07 Å². The molecule has 0 aromatic heterocycles. The van der Waals surface area contributed by atoms with Gasteiger partial charge >= 0.3 is 0 Å². The van der Waals surface area contributed by atoms with E-state index < -0.39 is 10.0 Å². The average molecular weight is 183 g/mol. The molecule has 1 heterocycles. The number of nitrogens with zero attached hydrogens (tertiary/aromatic N) is 2. The Kier molecular flexibility index (Phi) is 1.17. The van der Waals surface area contributed by atoms with E-state index in [9.17, 15) is 8.42 Å². The Morgan fingerprint density at radius 1 is 1.42 bits per heavy atom. The second-order valence-corrected chi connectivity index (χ2v) is 4.01. The molecule has 2 rings (SSSR count). The maximum absolute atomic E-state index is 10.9. The van der Waals surface area contributed by atoms with Gasteiger partial charge in [-0.3, -0.25) is 0 Å². The van der Waals surface area contributed by atoms with Crippen LogP contribution in [0.2, 0.25) is 0 Å². The molecular formula is C6H5N3O2S. The van der Waals surface area contributed by atoms with E-state index in [0.29, 0.717) is 5.69 Å². The van der Waals surface area contributed by atoms with Gasteiger partial charge in [0, 0.05) is 6.07 Å². The van der Waals surface area contributed by atoms with Crippen LogP contribution in [0.5, 0.6) is 0 Å². The van der Waals surface area contributed by atoms with Crippen molar-refractivity contribution in [3.63, 3.8) is 0 Å². The van der Waals surface area contributed by atoms with Crippen molar-refractivity contribution in [1.29, 1.82) is 0 Å². The Bertz CT molecular complexity index is 478. The fourth-order valence-electron chi connectivity index (χ4n) is 1.08. The van der Waals surface area contributed by atoms with Gasteiger partial charge in [0.25, 0.3) is 11.4 Å². The van der Waals surface area contributed by atoms with E-state index in [1.54, 1.807) is 6.07 Å². The highest BCUT2D eigenvalue weighted by Gasteiger charge is 2.40. The third kappa shape index (κ3) is 0.853. The molecule has 0 radical (unpaired) electrons. The topological polar surface area (TPSA) is 85.5 Å². The Balaban J connectivity index is 2.74. The van der Waals surface area contributed by atoms with E-state index in [2.05, 4.69) is 0 Å². The molecule has 0 spiro atoms. The molecule has 12 heavy (non-hydrogen) atoms. The molecule has 0 amide bonds. The number of hydrogen-bond acceptors (Lipinski definition) is 2. The van der Waals surface area contributed by atoms with Crippen molar-refractivity contribution < 1.29 is 8.42 Å². The second kappa shape index (κ2) is 1.90. The van der Waals surface area contributed by atoms with Gasteiger partial charge < -0.3 is 5.53 Å². The number of sulfonamides is 1. The van der Waals surface area contributed by atoms with Crippen molar-refractivity contribution in [3.8, 4) is 0 Å². The van der Waals surface area contributed by atoms with Crippen molar-refractivity contribution in [3.05, 3.63) is 23.7 Å². The first kappa shape index (κ1) is 7.38. The third-order valence-electron chi connectivity index (χ3n) is 1.67. The van der Waals surface area contributed by atoms with Crippen molar-refractivity contribution in [2.75, 3.05) is 0 Å². The van der Waals surface area contributed by atoms with Crippen LogP contribution in [0.4, 0.5) is 11.4 Å². The zero-order chi connectivity index (χ0) is 8.93. The molecule has 1 aromatic rings. The van der Waals surface area contributed by atoms with Gasteiger partial charge in [-0.15, -0.1) is 0 Å². The van der Waals surface area contributed by atoms with Crippen molar-refractivity contribution in [2.24, 2.45) is 5.14 Å². The lowest BCUT2D eigenvalue weighted by atomic mass is 10.4. The molecule has 1 aromatic carbocycles. The van der Waals surface area contributed by atoms with E-state index in [4.69, 9.17) is 10.7 Å². The Morgan fingerprint density at radius 2 is 2.08 bits per heavy atom. The summed E-state index contributed by atoms with van der Waals surface area (Å²) in [6.45, 7) is 0. The van der Waals surface area contributed by atoms with E-state index in [1.807, 2.05) is 0 Å². The minimum Gasteiger partial charge on any atom is -0.493 e. The Labute approximate surface area is 69.0 Å². The molecule has 0 saturated carbocycles. The normalized spacial score (nSPS) is 14.2. The number of primary sulfonamides is 1. The maximum Gasteiger partial charge on any atom is 0.292 e. The minimum atomic E-state index is -3.72. The van der Waals surface area contributed by atoms with Gasteiger partial charge in [0.2, 0.25) is 10.0 Å². The lowest BCUT2D eigenvalue weighted by Crippen LogP contribution is -2.11. The number of nitrogens with two attached hydrogens (primary N) is 1. The quantitative estimate of drug-likeness (QED) is 0.515. The van der Waals surface area contributed by atoms with Crippen LogP contribution >= 0.6 is 0 Å². The first-order valence-electron chi connectivity index (χ1n) is 3.16. The van der Waals surface area contributed by atoms with Gasteiger partial charge in [-0.25, -0.2) is 18.3 Å². The van der Waals surface area contributed by atoms with Crippen molar-refractivity contribution >= 4 is 21.4 Å². The minimum absolute atomic E-state index is 0.0394. The predicted molar refractivity (Wildman–Crippen MR) is 42.6 cm³/mol. The summed E-state index contributed by atoms with van der Waals surface area (Å²) in [6, 6.07) is 4.48. The van der Waals surface area contributed by atoms with Crippen LogP contribution in [0.25, 0.3) is 5.53 Å². The summed E-state index contributed by atoms with van der Waals surface area (Å²) in [5.74, 6) is 0. The summed E-state index contributed by atoms with van der Waals surface area (Å²) in [5, 5.41) is 4.89. The van der Waals surface area contributed by atoms with Crippen LogP contribution in [0.3, 0.4) is 0 Å². The van der Waals surface area contributed by atoms with E-state index in [0.717, 1.165) is 4.70 Å². The number of hydrogen-bond donors (Lipinski definition) is 1. The highest BCUT2D eigenvalue weighted by molar-refractivity contribution is 7.89. The van der Waals surface area contributed by atoms with E-state index in [1.165, 1.54) is 12.1 Å². The van der Waals surface area contributed by atoms with Gasteiger partial charge in [-0.2, -0.15) is 0 Å². The maximum atomic E-state index is 10.9. The Hall–Kier alpha value is -1.27. The fourth-order valence-corrected chi connectivity index (χ4v) is 1.81. The standard InChI is InChI=1S/C6H5N3O2S/c7-9-4-2-1-3-5(6(4)9)12(8,10)11/h1-3H,(H2,8,10,11). The summed E-state index contributed by atoms with van der Waals surface area (Å²) < 4.78 is 22.5. The molecule has 62 valence electrons. The molecule has 0 fully saturated rings. The fraction of sp³-hybridized carbons (Fsp3) is 0. The molecular weight excluding hydrogens is 178 g/mol. The van der Waals surface area contributed by atoms with Crippen LogP contribution in [0.15, 0.2) is 23.1 Å². The van der Waals surface area contributed by atoms with Gasteiger partial charge in [0.05, 0.1) is 0 Å². The van der Waals surface area contributed by atoms with Gasteiger partial charge in [0.1, 0.15) is 0 Å². The van der Waals surface area contributed by atoms with Crippen LogP contribution < -0.4 is 9.84 Å². The monoisotopic (exact) mass is 183 g/mol. The number of para-hydroxylation sites is 1. The lowest BCUT2D eigenvalue weighted by Gasteiger charge is -1.88. The van der Waals surface area contributed by atoms with Crippen LogP contribution in [0.1, 0.15) is 0 Å². The summed E-state index contributed by atoms with van der Waals surface area (Å²) in [7, 11) is -3.72. The van der Waals surface area contributed by atoms with Crippen LogP contribution in [0, 0.1) is 0 Å². The Morgan fingerprint density at radius 3 is 2.58 bits per heavy atom. The van der Waals surface area contributed by atoms with Crippen molar-refractivity contribution in [2.45, 2.75) is 4.90 Å². The molecule has 0 bridgehead atoms. The number of benzene rings is 1. The average Bonchev–Trinajstić information content (AvgIpc) is 2.61. The summed E-state index contributed by atoms with van der Waals surface area (Å²) >= 11 is 0. The molecule has 0 saturated heterocycles. The molecule has 0 unspecified atom stereocenters. The van der Waals surface area contributed by atoms with Gasteiger partial charge in [-0.05, 0) is 6.07 Å². The largest absolute Gasteiger partial charge is 0.493 e. The van der Waals surface area contributed by atoms with Gasteiger partial charge in [0.15, 0.2) is 4.90 Å². The first-order chi connectivity index (χ1) is 5.52. The highest BCUT2D eigenvalue weighted by Crippen LogP contribution is 2.46. The molecule has 6 heteroatoms. The molecule has 1 aliphatic rings. The molecule has 2 N–H and O–H groups in total. The van der Waals surface area contributed by atoms with E-state index >= 15 is 0 Å².